The maximum atomic E-state index is 13.7. The van der Waals surface area contributed by atoms with E-state index in [2.05, 4.69) is 6.58 Å². The van der Waals surface area contributed by atoms with Crippen LogP contribution in [0.3, 0.4) is 0 Å². The Balaban J connectivity index is 1.91. The van der Waals surface area contributed by atoms with Gasteiger partial charge in [0.1, 0.15) is 18.3 Å². The molecule has 3 aliphatic rings. The highest BCUT2D eigenvalue weighted by Crippen LogP contribution is 2.61. The van der Waals surface area contributed by atoms with Gasteiger partial charge in [-0.15, -0.1) is 0 Å². The summed E-state index contributed by atoms with van der Waals surface area (Å²) in [5, 5.41) is 12.7. The highest BCUT2D eigenvalue weighted by molar-refractivity contribution is 5.72. The van der Waals surface area contributed by atoms with Crippen molar-refractivity contribution in [2.75, 3.05) is 14.1 Å². The molecule has 12 heteroatoms. The summed E-state index contributed by atoms with van der Waals surface area (Å²) in [5.41, 5.74) is 0.0162. The zero-order valence-corrected chi connectivity index (χ0v) is 31.4. The molecule has 12 nitrogen and oxygen atoms in total. The van der Waals surface area contributed by atoms with Crippen LogP contribution in [0.4, 0.5) is 0 Å². The van der Waals surface area contributed by atoms with Crippen LogP contribution >= 0.6 is 0 Å². The standard InChI is InChI=1S/C39H53NO11/c1-20-30(51-32(45)18-28(40(10)11)26-15-13-12-14-16-26)19-31(48-23(4)42)39(9)33(20)35(46)27-17-29(47-22(3)41)21(2)34(38(27,7)8)36(49-24(5)43)37(39)50-25(6)44/h12-16,27-31,33,35-37,46H,1,17-19H2,2-11H3/t27-,28-,29+,30+,31+,33+,35-,36-,37+,39-/m1/s1. The smallest absolute Gasteiger partial charge is 0.308 e. The highest BCUT2D eigenvalue weighted by atomic mass is 16.6. The lowest BCUT2D eigenvalue weighted by molar-refractivity contribution is -0.226. The van der Waals surface area contributed by atoms with E-state index in [0.29, 0.717) is 16.7 Å². The number of ether oxygens (including phenoxy) is 5. The number of aliphatic hydroxyl groups is 1. The van der Waals surface area contributed by atoms with Crippen molar-refractivity contribution in [2.45, 2.75) is 117 Å². The number of fused-ring (bicyclic) bond motifs is 3. The Morgan fingerprint density at radius 2 is 1.41 bits per heavy atom. The number of carbonyl (C=O) groups excluding carboxylic acids is 5. The van der Waals surface area contributed by atoms with Gasteiger partial charge >= 0.3 is 29.8 Å². The molecule has 0 aromatic heterocycles. The van der Waals surface area contributed by atoms with Gasteiger partial charge in [0, 0.05) is 46.1 Å². The van der Waals surface area contributed by atoms with Gasteiger partial charge in [-0.05, 0) is 61.1 Å². The SMILES string of the molecule is C=C1[C@@H](OC(=O)C[C@H](c2ccccc2)N(C)C)C[C@H](OC(C)=O)[C@@]2(C)[C@@H](OC(C)=O)[C@H](OC(C)=O)C3=C(C)[C@@H](OC(C)=O)C[C@H]([C@@H](O)[C@H]12)C3(C)C. The van der Waals surface area contributed by atoms with Gasteiger partial charge < -0.3 is 33.7 Å². The fourth-order valence-electron chi connectivity index (χ4n) is 8.94. The number of benzene rings is 1. The first-order chi connectivity index (χ1) is 23.7. The quantitative estimate of drug-likeness (QED) is 0.216. The van der Waals surface area contributed by atoms with Crippen LogP contribution in [0.1, 0.15) is 86.3 Å². The van der Waals surface area contributed by atoms with Crippen molar-refractivity contribution in [3.8, 4) is 0 Å². The van der Waals surface area contributed by atoms with E-state index in [4.69, 9.17) is 23.7 Å². The van der Waals surface area contributed by atoms with Crippen LogP contribution in [0.25, 0.3) is 0 Å². The minimum absolute atomic E-state index is 0.00125. The molecule has 4 rings (SSSR count). The van der Waals surface area contributed by atoms with Gasteiger partial charge in [-0.2, -0.15) is 0 Å². The molecule has 0 heterocycles. The molecule has 1 aromatic carbocycles. The molecular weight excluding hydrogens is 658 g/mol. The van der Waals surface area contributed by atoms with Crippen LogP contribution in [0.2, 0.25) is 0 Å². The van der Waals surface area contributed by atoms with E-state index in [0.717, 1.165) is 5.56 Å². The second-order valence-electron chi connectivity index (χ2n) is 15.1. The lowest BCUT2D eigenvalue weighted by atomic mass is 9.48. The predicted octanol–water partition coefficient (Wildman–Crippen LogP) is 4.64. The lowest BCUT2D eigenvalue weighted by Crippen LogP contribution is -2.68. The molecular formula is C39H53NO11. The monoisotopic (exact) mass is 711 g/mol. The Labute approximate surface area is 300 Å². The third kappa shape index (κ3) is 7.91. The van der Waals surface area contributed by atoms with Gasteiger partial charge in [0.25, 0.3) is 0 Å². The molecule has 1 aromatic rings. The molecule has 0 unspecified atom stereocenters. The second-order valence-corrected chi connectivity index (χ2v) is 15.1. The molecule has 2 saturated carbocycles. The molecule has 0 radical (unpaired) electrons. The van der Waals surface area contributed by atoms with Crippen LogP contribution in [-0.2, 0) is 47.7 Å². The van der Waals surface area contributed by atoms with Crippen LogP contribution in [0, 0.1) is 22.7 Å². The number of hydrogen-bond acceptors (Lipinski definition) is 12. The number of nitrogens with zero attached hydrogens (tertiary/aromatic N) is 1. The van der Waals surface area contributed by atoms with Crippen molar-refractivity contribution in [3.63, 3.8) is 0 Å². The average molecular weight is 712 g/mol. The minimum Gasteiger partial charge on any atom is -0.462 e. The lowest BCUT2D eigenvalue weighted by Gasteiger charge is -2.61. The van der Waals surface area contributed by atoms with Gasteiger partial charge in [0.2, 0.25) is 0 Å². The van der Waals surface area contributed by atoms with Crippen molar-refractivity contribution >= 4 is 29.8 Å². The van der Waals surface area contributed by atoms with E-state index in [9.17, 15) is 29.1 Å². The first-order valence-corrected chi connectivity index (χ1v) is 17.4. The summed E-state index contributed by atoms with van der Waals surface area (Å²) < 4.78 is 30.1. The van der Waals surface area contributed by atoms with Crippen molar-refractivity contribution < 1.29 is 52.8 Å². The molecule has 0 aliphatic heterocycles. The fraction of sp³-hybridized carbons (Fsp3) is 0.615. The first kappa shape index (κ1) is 39.8. The summed E-state index contributed by atoms with van der Waals surface area (Å²) in [6, 6.07) is 9.24. The Morgan fingerprint density at radius 1 is 0.843 bits per heavy atom. The molecule has 0 saturated heterocycles. The molecule has 10 atom stereocenters. The molecule has 280 valence electrons. The van der Waals surface area contributed by atoms with Gasteiger partial charge in [-0.3, -0.25) is 24.0 Å². The Kier molecular flexibility index (Phi) is 11.9. The zero-order valence-electron chi connectivity index (χ0n) is 31.4. The molecule has 2 bridgehead atoms. The van der Waals surface area contributed by atoms with Crippen LogP contribution in [0.5, 0.6) is 0 Å². The third-order valence-corrected chi connectivity index (χ3v) is 11.2. The largest absolute Gasteiger partial charge is 0.462 e. The Bertz CT molecular complexity index is 1570. The summed E-state index contributed by atoms with van der Waals surface area (Å²) in [6.07, 6.45) is -6.59. The van der Waals surface area contributed by atoms with E-state index in [-0.39, 0.29) is 25.3 Å². The maximum Gasteiger partial charge on any atom is 0.308 e. The van der Waals surface area contributed by atoms with Crippen LogP contribution in [-0.4, -0.2) is 90.6 Å². The van der Waals surface area contributed by atoms with Crippen molar-refractivity contribution in [1.82, 2.24) is 4.90 Å². The number of esters is 5. The van der Waals surface area contributed by atoms with Gasteiger partial charge in [-0.1, -0.05) is 57.7 Å². The summed E-state index contributed by atoms with van der Waals surface area (Å²) >= 11 is 0. The molecule has 51 heavy (non-hydrogen) atoms. The summed E-state index contributed by atoms with van der Waals surface area (Å²) in [4.78, 5) is 66.5. The van der Waals surface area contributed by atoms with E-state index in [1.807, 2.05) is 63.2 Å². The maximum absolute atomic E-state index is 13.7. The first-order valence-electron chi connectivity index (χ1n) is 17.4. The Morgan fingerprint density at radius 3 is 1.94 bits per heavy atom. The van der Waals surface area contributed by atoms with E-state index >= 15 is 0 Å². The van der Waals surface area contributed by atoms with E-state index < -0.39 is 89.1 Å². The molecule has 2 fully saturated rings. The summed E-state index contributed by atoms with van der Waals surface area (Å²) in [6.45, 7) is 16.6. The zero-order chi connectivity index (χ0) is 38.2. The Hall–Kier alpha value is -4.03. The predicted molar refractivity (Wildman–Crippen MR) is 186 cm³/mol. The molecule has 0 spiro atoms. The van der Waals surface area contributed by atoms with Crippen LogP contribution in [0.15, 0.2) is 53.6 Å². The van der Waals surface area contributed by atoms with Crippen molar-refractivity contribution in [2.24, 2.45) is 22.7 Å². The van der Waals surface area contributed by atoms with E-state index in [1.165, 1.54) is 27.7 Å². The normalized spacial score (nSPS) is 32.0. The van der Waals surface area contributed by atoms with Gasteiger partial charge in [-0.25, -0.2) is 0 Å². The van der Waals surface area contributed by atoms with Crippen molar-refractivity contribution in [3.05, 3.63) is 59.2 Å². The number of hydrogen-bond donors (Lipinski definition) is 1. The van der Waals surface area contributed by atoms with E-state index in [1.54, 1.807) is 13.8 Å². The van der Waals surface area contributed by atoms with Gasteiger partial charge in [0.05, 0.1) is 17.9 Å². The molecule has 3 aliphatic carbocycles. The number of aliphatic hydroxyl groups excluding tert-OH is 1. The van der Waals surface area contributed by atoms with Crippen LogP contribution < -0.4 is 0 Å². The number of rotatable bonds is 9. The van der Waals surface area contributed by atoms with Crippen molar-refractivity contribution in [1.29, 1.82) is 0 Å². The second kappa shape index (κ2) is 15.3. The molecule has 0 amide bonds. The van der Waals surface area contributed by atoms with Gasteiger partial charge in [0.15, 0.2) is 12.2 Å². The summed E-state index contributed by atoms with van der Waals surface area (Å²) in [5.74, 6) is -4.76. The topological polar surface area (TPSA) is 155 Å². The molecule has 1 N–H and O–H groups in total. The summed E-state index contributed by atoms with van der Waals surface area (Å²) in [7, 11) is 3.73. The highest BCUT2D eigenvalue weighted by Gasteiger charge is 2.67. The number of carbonyl (C=O) groups is 5. The third-order valence-electron chi connectivity index (χ3n) is 11.2. The average Bonchev–Trinajstić information content (AvgIpc) is 3.01. The fourth-order valence-corrected chi connectivity index (χ4v) is 8.94. The minimum atomic E-state index is -1.46.